The van der Waals surface area contributed by atoms with Crippen molar-refractivity contribution in [3.8, 4) is 5.75 Å². The molecule has 0 aliphatic rings. The summed E-state index contributed by atoms with van der Waals surface area (Å²) in [7, 11) is 1.42. The van der Waals surface area contributed by atoms with Gasteiger partial charge < -0.3 is 15.5 Å². The zero-order chi connectivity index (χ0) is 10.7. The Hall–Kier alpha value is -1.36. The maximum Gasteiger partial charge on any atom is 0.293 e. The van der Waals surface area contributed by atoms with Crippen molar-refractivity contribution >= 4 is 0 Å². The van der Waals surface area contributed by atoms with E-state index in [-0.39, 0.29) is 23.3 Å². The first-order valence-electron chi connectivity index (χ1n) is 4.45. The summed E-state index contributed by atoms with van der Waals surface area (Å²) < 4.78 is 4.79. The number of H-pyrrole nitrogens is 1. The van der Waals surface area contributed by atoms with E-state index >= 15 is 0 Å². The van der Waals surface area contributed by atoms with Crippen LogP contribution < -0.4 is 16.0 Å². The predicted molar refractivity (Wildman–Crippen MR) is 53.2 cm³/mol. The lowest BCUT2D eigenvalue weighted by Gasteiger charge is -2.14. The highest BCUT2D eigenvalue weighted by atomic mass is 16.5. The van der Waals surface area contributed by atoms with Crippen molar-refractivity contribution in [2.75, 3.05) is 7.11 Å². The Labute approximate surface area is 82.3 Å². The Balaban J connectivity index is 3.03. The Bertz CT molecular complexity index is 359. The van der Waals surface area contributed by atoms with Gasteiger partial charge in [0.2, 0.25) is 5.75 Å². The van der Waals surface area contributed by atoms with E-state index in [2.05, 4.69) is 9.97 Å². The summed E-state index contributed by atoms with van der Waals surface area (Å²) in [6.07, 6.45) is 1.39. The molecule has 14 heavy (non-hydrogen) atoms. The normalized spacial score (nSPS) is 12.9. The molecule has 0 saturated heterocycles. The van der Waals surface area contributed by atoms with Crippen LogP contribution in [0.25, 0.3) is 0 Å². The quantitative estimate of drug-likeness (QED) is 0.736. The minimum absolute atomic E-state index is 0.199. The van der Waals surface area contributed by atoms with Crippen molar-refractivity contribution in [2.24, 2.45) is 11.7 Å². The van der Waals surface area contributed by atoms with Crippen LogP contribution in [-0.2, 0) is 0 Å². The smallest absolute Gasteiger partial charge is 0.293 e. The molecule has 0 aliphatic carbocycles. The second-order valence-corrected chi connectivity index (χ2v) is 3.44. The molecule has 3 N–H and O–H groups in total. The Morgan fingerprint density at radius 2 is 2.21 bits per heavy atom. The van der Waals surface area contributed by atoms with Crippen LogP contribution in [0.5, 0.6) is 5.75 Å². The lowest BCUT2D eigenvalue weighted by molar-refractivity contribution is 0.402. The first kappa shape index (κ1) is 10.7. The fraction of sp³-hybridized carbons (Fsp3) is 0.556. The van der Waals surface area contributed by atoms with Crippen LogP contribution in [0.2, 0.25) is 0 Å². The van der Waals surface area contributed by atoms with Gasteiger partial charge in [0.1, 0.15) is 5.82 Å². The number of nitrogens with zero attached hydrogens (tertiary/aromatic N) is 1. The first-order chi connectivity index (χ1) is 6.56. The van der Waals surface area contributed by atoms with E-state index in [1.807, 2.05) is 13.8 Å². The topological polar surface area (TPSA) is 81.0 Å². The molecule has 1 aromatic rings. The van der Waals surface area contributed by atoms with Crippen LogP contribution >= 0.6 is 0 Å². The highest BCUT2D eigenvalue weighted by Gasteiger charge is 2.13. The van der Waals surface area contributed by atoms with Crippen LogP contribution in [0, 0.1) is 5.92 Å². The fourth-order valence-electron chi connectivity index (χ4n) is 1.03. The van der Waals surface area contributed by atoms with E-state index in [4.69, 9.17) is 10.5 Å². The Morgan fingerprint density at radius 3 is 2.64 bits per heavy atom. The minimum Gasteiger partial charge on any atom is -0.490 e. The van der Waals surface area contributed by atoms with Gasteiger partial charge in [-0.3, -0.25) is 4.79 Å². The van der Waals surface area contributed by atoms with Crippen molar-refractivity contribution in [3.63, 3.8) is 0 Å². The molecule has 1 atom stereocenters. The van der Waals surface area contributed by atoms with Gasteiger partial charge in [-0.25, -0.2) is 4.98 Å². The molecular weight excluding hydrogens is 182 g/mol. The van der Waals surface area contributed by atoms with Gasteiger partial charge in [-0.1, -0.05) is 13.8 Å². The summed E-state index contributed by atoms with van der Waals surface area (Å²) in [5.41, 5.74) is 5.53. The second-order valence-electron chi connectivity index (χ2n) is 3.44. The van der Waals surface area contributed by atoms with Crippen LogP contribution in [0.3, 0.4) is 0 Å². The molecule has 0 spiro atoms. The van der Waals surface area contributed by atoms with E-state index in [9.17, 15) is 4.79 Å². The fourth-order valence-corrected chi connectivity index (χ4v) is 1.03. The minimum atomic E-state index is -0.298. The zero-order valence-corrected chi connectivity index (χ0v) is 8.57. The maximum atomic E-state index is 11.3. The van der Waals surface area contributed by atoms with Gasteiger partial charge in [0.25, 0.3) is 5.56 Å². The van der Waals surface area contributed by atoms with Crippen molar-refractivity contribution < 1.29 is 4.74 Å². The number of hydrogen-bond acceptors (Lipinski definition) is 4. The molecule has 0 aliphatic heterocycles. The summed E-state index contributed by atoms with van der Waals surface area (Å²) in [5, 5.41) is 0. The number of methoxy groups -OCH3 is 1. The van der Waals surface area contributed by atoms with Crippen LogP contribution in [-0.4, -0.2) is 17.1 Å². The Morgan fingerprint density at radius 1 is 1.57 bits per heavy atom. The van der Waals surface area contributed by atoms with Gasteiger partial charge in [0, 0.05) is 0 Å². The summed E-state index contributed by atoms with van der Waals surface area (Å²) in [4.78, 5) is 17.9. The molecule has 0 bridgehead atoms. The van der Waals surface area contributed by atoms with E-state index in [1.165, 1.54) is 13.3 Å². The van der Waals surface area contributed by atoms with E-state index < -0.39 is 0 Å². The number of aromatic amines is 1. The maximum absolute atomic E-state index is 11.3. The average Bonchev–Trinajstić information content (AvgIpc) is 2.16. The van der Waals surface area contributed by atoms with E-state index in [0.717, 1.165) is 0 Å². The number of nitrogens with two attached hydrogens (primary N) is 1. The van der Waals surface area contributed by atoms with Gasteiger partial charge in [-0.2, -0.15) is 0 Å². The summed E-state index contributed by atoms with van der Waals surface area (Å²) in [6, 6.07) is -0.256. The zero-order valence-electron chi connectivity index (χ0n) is 8.57. The van der Waals surface area contributed by atoms with Gasteiger partial charge >= 0.3 is 0 Å². The van der Waals surface area contributed by atoms with Gasteiger partial charge in [-0.15, -0.1) is 0 Å². The molecule has 1 rings (SSSR count). The molecule has 1 unspecified atom stereocenters. The van der Waals surface area contributed by atoms with Gasteiger partial charge in [0.15, 0.2) is 0 Å². The van der Waals surface area contributed by atoms with Crippen molar-refractivity contribution in [1.82, 2.24) is 9.97 Å². The molecule has 0 aromatic carbocycles. The highest BCUT2D eigenvalue weighted by Crippen LogP contribution is 2.13. The van der Waals surface area contributed by atoms with Gasteiger partial charge in [0.05, 0.1) is 19.3 Å². The lowest BCUT2D eigenvalue weighted by Crippen LogP contribution is -2.23. The average molecular weight is 197 g/mol. The standard InChI is InChI=1S/C9H15N3O2/c1-5(2)7(10)8-11-4-6(14-3)9(13)12-8/h4-5,7H,10H2,1-3H3,(H,11,12,13). The van der Waals surface area contributed by atoms with Crippen molar-refractivity contribution in [2.45, 2.75) is 19.9 Å². The number of nitrogens with one attached hydrogen (secondary N) is 1. The van der Waals surface area contributed by atoms with Crippen LogP contribution in [0.15, 0.2) is 11.0 Å². The third-order valence-corrected chi connectivity index (χ3v) is 2.04. The van der Waals surface area contributed by atoms with Crippen molar-refractivity contribution in [1.29, 1.82) is 0 Å². The third kappa shape index (κ3) is 2.11. The molecule has 0 amide bonds. The number of rotatable bonds is 3. The molecule has 0 fully saturated rings. The Kier molecular flexibility index (Phi) is 3.24. The summed E-state index contributed by atoms with van der Waals surface area (Å²) in [5.74, 6) is 0.919. The second kappa shape index (κ2) is 4.23. The molecule has 5 nitrogen and oxygen atoms in total. The molecule has 0 radical (unpaired) electrons. The lowest BCUT2D eigenvalue weighted by atomic mass is 10.1. The molecular formula is C9H15N3O2. The first-order valence-corrected chi connectivity index (χ1v) is 4.45. The summed E-state index contributed by atoms with van der Waals surface area (Å²) in [6.45, 7) is 3.93. The number of aromatic nitrogens is 2. The third-order valence-electron chi connectivity index (χ3n) is 2.04. The van der Waals surface area contributed by atoms with Crippen LogP contribution in [0.4, 0.5) is 0 Å². The molecule has 78 valence electrons. The molecule has 0 saturated carbocycles. The molecule has 1 heterocycles. The van der Waals surface area contributed by atoms with Crippen molar-refractivity contribution in [3.05, 3.63) is 22.4 Å². The van der Waals surface area contributed by atoms with E-state index in [1.54, 1.807) is 0 Å². The SMILES string of the molecule is COc1cnc(C(N)C(C)C)[nH]c1=O. The summed E-state index contributed by atoms with van der Waals surface area (Å²) >= 11 is 0. The molecule has 5 heteroatoms. The predicted octanol–water partition coefficient (Wildman–Crippen LogP) is 0.434. The molecule has 1 aromatic heterocycles. The largest absolute Gasteiger partial charge is 0.490 e. The highest BCUT2D eigenvalue weighted by molar-refractivity contribution is 5.13. The van der Waals surface area contributed by atoms with E-state index in [0.29, 0.717) is 5.82 Å². The number of ether oxygens (including phenoxy) is 1. The van der Waals surface area contributed by atoms with Gasteiger partial charge in [-0.05, 0) is 5.92 Å². The van der Waals surface area contributed by atoms with Crippen LogP contribution in [0.1, 0.15) is 25.7 Å². The number of hydrogen-bond donors (Lipinski definition) is 2. The monoisotopic (exact) mass is 197 g/mol.